The lowest BCUT2D eigenvalue weighted by Crippen LogP contribution is -2.29. The van der Waals surface area contributed by atoms with E-state index in [2.05, 4.69) is 25.5 Å². The Morgan fingerprint density at radius 3 is 2.26 bits per heavy atom. The normalized spacial score (nSPS) is 12.0. The summed E-state index contributed by atoms with van der Waals surface area (Å²) in [5, 5.41) is 7.59. The van der Waals surface area contributed by atoms with E-state index in [1.165, 1.54) is 13.3 Å². The van der Waals surface area contributed by atoms with Crippen LogP contribution >= 0.6 is 7.14 Å². The number of aromatic nitrogens is 4. The van der Waals surface area contributed by atoms with Crippen molar-refractivity contribution < 1.29 is 17.7 Å². The van der Waals surface area contributed by atoms with Crippen LogP contribution in [0.15, 0.2) is 77.8 Å². The highest BCUT2D eigenvalue weighted by atomic mass is 32.2. The second-order valence-electron chi connectivity index (χ2n) is 11.6. The average molecular weight is 663 g/mol. The van der Waals surface area contributed by atoms with Crippen molar-refractivity contribution in [3.05, 3.63) is 78.5 Å². The minimum atomic E-state index is -4.01. The first-order valence-electron chi connectivity index (χ1n) is 14.6. The number of benzene rings is 2. The molecule has 0 spiro atoms. The zero-order valence-electron chi connectivity index (χ0n) is 27.0. The van der Waals surface area contributed by atoms with E-state index in [4.69, 9.17) is 9.72 Å². The molecule has 0 aliphatic heterocycles. The second-order valence-corrected chi connectivity index (χ2v) is 16.6. The third-order valence-electron chi connectivity index (χ3n) is 7.39. The molecule has 242 valence electrons. The molecule has 0 saturated carbocycles. The number of anilines is 5. The van der Waals surface area contributed by atoms with Gasteiger partial charge in [-0.15, -0.1) is 0 Å². The Morgan fingerprint density at radius 1 is 0.870 bits per heavy atom. The standard InChI is InChI=1S/C32H39N8O4PS/c1-22-12-14-23(15-13-22)46(42,43)40-19-18-24-29(33-25-10-8-9-11-27(25)45(6,7)41)36-32(37-30(24)40)34-26-16-17-28(35-31(26)44-5)39(4)21-20-38(2)3/h8-19H,20-21H2,1-7H3,(H2,33,34,36,37). The molecule has 0 radical (unpaired) electrons. The van der Waals surface area contributed by atoms with Gasteiger partial charge < -0.3 is 29.7 Å². The van der Waals surface area contributed by atoms with E-state index >= 15 is 0 Å². The number of hydrogen-bond donors (Lipinski definition) is 2. The molecule has 0 saturated heterocycles. The molecule has 0 bridgehead atoms. The summed E-state index contributed by atoms with van der Waals surface area (Å²) in [5.41, 5.74) is 2.18. The number of para-hydroxylation sites is 1. The monoisotopic (exact) mass is 662 g/mol. The maximum atomic E-state index is 13.8. The van der Waals surface area contributed by atoms with Gasteiger partial charge >= 0.3 is 0 Å². The number of likely N-dealkylation sites (N-methyl/N-ethyl adjacent to an activating group) is 2. The molecular weight excluding hydrogens is 623 g/mol. The van der Waals surface area contributed by atoms with E-state index in [0.717, 1.165) is 28.4 Å². The Morgan fingerprint density at radius 2 is 1.59 bits per heavy atom. The first-order valence-corrected chi connectivity index (χ1v) is 18.6. The first-order chi connectivity index (χ1) is 21.8. The quantitative estimate of drug-likeness (QED) is 0.173. The van der Waals surface area contributed by atoms with Crippen LogP contribution in [0.4, 0.5) is 29.0 Å². The predicted octanol–water partition coefficient (Wildman–Crippen LogP) is 5.11. The van der Waals surface area contributed by atoms with Gasteiger partial charge in [0.1, 0.15) is 24.5 Å². The fourth-order valence-corrected chi connectivity index (χ4v) is 7.27. The van der Waals surface area contributed by atoms with Crippen molar-refractivity contribution in [3.63, 3.8) is 0 Å². The van der Waals surface area contributed by atoms with Gasteiger partial charge in [0.05, 0.1) is 23.1 Å². The summed E-state index contributed by atoms with van der Waals surface area (Å²) in [6, 6.07) is 19.2. The number of methoxy groups -OCH3 is 1. The van der Waals surface area contributed by atoms with Crippen LogP contribution in [0.3, 0.4) is 0 Å². The topological polar surface area (TPSA) is 135 Å². The van der Waals surface area contributed by atoms with Gasteiger partial charge in [-0.1, -0.05) is 29.8 Å². The van der Waals surface area contributed by atoms with Crippen molar-refractivity contribution in [3.8, 4) is 5.88 Å². The molecule has 5 aromatic rings. The molecule has 5 rings (SSSR count). The lowest BCUT2D eigenvalue weighted by atomic mass is 10.2. The SMILES string of the molecule is COc1nc(N(C)CCN(C)C)ccc1Nc1nc(Nc2ccccc2P(C)(C)=O)c2ccn(S(=O)(=O)c3ccc(C)cc3)c2n1. The summed E-state index contributed by atoms with van der Waals surface area (Å²) < 4.78 is 47.6. The zero-order chi connectivity index (χ0) is 33.2. The number of ether oxygens (including phenoxy) is 1. The second kappa shape index (κ2) is 13.1. The van der Waals surface area contributed by atoms with Crippen LogP contribution in [0.1, 0.15) is 5.56 Å². The molecule has 2 aromatic carbocycles. The molecule has 46 heavy (non-hydrogen) atoms. The Hall–Kier alpha value is -4.45. The van der Waals surface area contributed by atoms with Gasteiger partial charge in [-0.2, -0.15) is 15.0 Å². The fourth-order valence-electron chi connectivity index (χ4n) is 4.82. The molecule has 0 fully saturated rings. The maximum absolute atomic E-state index is 13.8. The van der Waals surface area contributed by atoms with E-state index in [-0.39, 0.29) is 16.5 Å². The highest BCUT2D eigenvalue weighted by Crippen LogP contribution is 2.39. The van der Waals surface area contributed by atoms with Gasteiger partial charge in [-0.25, -0.2) is 12.4 Å². The van der Waals surface area contributed by atoms with Crippen molar-refractivity contribution in [1.82, 2.24) is 23.8 Å². The number of rotatable bonds is 12. The van der Waals surface area contributed by atoms with E-state index < -0.39 is 17.2 Å². The van der Waals surface area contributed by atoms with Crippen LogP contribution in [-0.4, -0.2) is 86.9 Å². The molecule has 0 amide bonds. The van der Waals surface area contributed by atoms with Gasteiger partial charge in [0, 0.05) is 31.6 Å². The third kappa shape index (κ3) is 7.01. The van der Waals surface area contributed by atoms with E-state index in [9.17, 15) is 13.0 Å². The minimum absolute atomic E-state index is 0.108. The summed E-state index contributed by atoms with van der Waals surface area (Å²) in [7, 11) is 0.827. The number of aryl methyl sites for hydroxylation is 1. The molecule has 3 aromatic heterocycles. The fraction of sp³-hybridized carbons (Fsp3) is 0.281. The van der Waals surface area contributed by atoms with Gasteiger partial charge in [-0.05, 0) is 76.8 Å². The number of nitrogens with zero attached hydrogens (tertiary/aromatic N) is 6. The summed E-state index contributed by atoms with van der Waals surface area (Å²) in [5.74, 6) is 1.48. The van der Waals surface area contributed by atoms with E-state index in [0.29, 0.717) is 33.8 Å². The van der Waals surface area contributed by atoms with Crippen LogP contribution in [0.5, 0.6) is 5.88 Å². The van der Waals surface area contributed by atoms with E-state index in [1.54, 1.807) is 49.7 Å². The molecule has 0 unspecified atom stereocenters. The van der Waals surface area contributed by atoms with Crippen LogP contribution in [0.25, 0.3) is 11.0 Å². The van der Waals surface area contributed by atoms with Crippen molar-refractivity contribution in [2.45, 2.75) is 11.8 Å². The van der Waals surface area contributed by atoms with Gasteiger partial charge in [0.25, 0.3) is 10.0 Å². The summed E-state index contributed by atoms with van der Waals surface area (Å²) in [6.07, 6.45) is 1.46. The van der Waals surface area contributed by atoms with Crippen LogP contribution < -0.4 is 25.6 Å². The van der Waals surface area contributed by atoms with Crippen molar-refractivity contribution in [1.29, 1.82) is 0 Å². The largest absolute Gasteiger partial charge is 0.479 e. The minimum Gasteiger partial charge on any atom is -0.479 e. The molecule has 0 aliphatic rings. The third-order valence-corrected chi connectivity index (χ3v) is 10.6. The summed E-state index contributed by atoms with van der Waals surface area (Å²) in [4.78, 5) is 18.3. The lowest BCUT2D eigenvalue weighted by Gasteiger charge is -2.21. The van der Waals surface area contributed by atoms with Crippen LogP contribution in [-0.2, 0) is 14.6 Å². The van der Waals surface area contributed by atoms with Gasteiger partial charge in [0.15, 0.2) is 5.65 Å². The molecule has 0 aliphatic carbocycles. The van der Waals surface area contributed by atoms with Gasteiger partial charge in [-0.3, -0.25) is 0 Å². The van der Waals surface area contributed by atoms with Crippen molar-refractivity contribution in [2.24, 2.45) is 0 Å². The van der Waals surface area contributed by atoms with Crippen molar-refractivity contribution in [2.75, 3.05) is 70.2 Å². The zero-order valence-corrected chi connectivity index (χ0v) is 28.7. The van der Waals surface area contributed by atoms with Crippen LogP contribution in [0, 0.1) is 6.92 Å². The van der Waals surface area contributed by atoms with E-state index in [1.807, 2.05) is 63.3 Å². The number of hydrogen-bond acceptors (Lipinski definition) is 11. The molecule has 14 heteroatoms. The maximum Gasteiger partial charge on any atom is 0.269 e. The summed E-state index contributed by atoms with van der Waals surface area (Å²) in [6.45, 7) is 6.90. The van der Waals surface area contributed by atoms with Crippen molar-refractivity contribution >= 4 is 62.5 Å². The van der Waals surface area contributed by atoms with Gasteiger partial charge in [0.2, 0.25) is 11.8 Å². The number of nitrogens with one attached hydrogen (secondary N) is 2. The number of fused-ring (bicyclic) bond motifs is 1. The Bertz CT molecular complexity index is 2020. The Balaban J connectivity index is 1.62. The van der Waals surface area contributed by atoms with Crippen LogP contribution in [0.2, 0.25) is 0 Å². The number of pyridine rings is 1. The molecule has 0 atom stereocenters. The molecular formula is C32H39N8O4PS. The Kier molecular flexibility index (Phi) is 9.39. The molecule has 2 N–H and O–H groups in total. The first kappa shape index (κ1) is 32.9. The lowest BCUT2D eigenvalue weighted by molar-refractivity contribution is 0.398. The summed E-state index contributed by atoms with van der Waals surface area (Å²) >= 11 is 0. The molecule has 12 nitrogen and oxygen atoms in total. The Labute approximate surface area is 269 Å². The molecule has 3 heterocycles. The average Bonchev–Trinajstić information content (AvgIpc) is 3.45. The predicted molar refractivity (Wildman–Crippen MR) is 186 cm³/mol. The smallest absolute Gasteiger partial charge is 0.269 e. The highest BCUT2D eigenvalue weighted by Gasteiger charge is 2.24. The highest BCUT2D eigenvalue weighted by molar-refractivity contribution is 7.90.